The van der Waals surface area contributed by atoms with Crippen LogP contribution in [0.25, 0.3) is 0 Å². The van der Waals surface area contributed by atoms with Crippen molar-refractivity contribution in [3.8, 4) is 0 Å². The summed E-state index contributed by atoms with van der Waals surface area (Å²) >= 11 is 0. The number of rotatable bonds is 7. The molecule has 0 bridgehead atoms. The smallest absolute Gasteiger partial charge is 0.253 e. The van der Waals surface area contributed by atoms with Crippen LogP contribution in [0.5, 0.6) is 0 Å². The van der Waals surface area contributed by atoms with Crippen molar-refractivity contribution >= 4 is 21.6 Å². The standard InChI is InChI=1S/C16H24N2O4S/c1-12(2)10-17-23(20,21)11-13-5-3-6-14(9-13)18-16(19)15-7-4-8-22-15/h3,5-6,9,12,15,17H,4,7-8,10-11H2,1-2H3,(H,18,19)/t15-/m0/s1. The molecule has 1 atom stereocenters. The van der Waals surface area contributed by atoms with E-state index in [0.29, 0.717) is 24.4 Å². The molecule has 6 nitrogen and oxygen atoms in total. The zero-order chi connectivity index (χ0) is 16.9. The van der Waals surface area contributed by atoms with E-state index < -0.39 is 16.1 Å². The van der Waals surface area contributed by atoms with Gasteiger partial charge in [-0.25, -0.2) is 13.1 Å². The Bertz CT molecular complexity index is 637. The van der Waals surface area contributed by atoms with Gasteiger partial charge in [0.15, 0.2) is 0 Å². The first-order valence-corrected chi connectivity index (χ1v) is 9.50. The van der Waals surface area contributed by atoms with Crippen LogP contribution in [0, 0.1) is 5.92 Å². The van der Waals surface area contributed by atoms with Gasteiger partial charge in [-0.15, -0.1) is 0 Å². The molecule has 2 rings (SSSR count). The van der Waals surface area contributed by atoms with Crippen LogP contribution in [0.2, 0.25) is 0 Å². The van der Waals surface area contributed by atoms with Gasteiger partial charge in [-0.05, 0) is 36.5 Å². The van der Waals surface area contributed by atoms with Crippen LogP contribution in [-0.4, -0.2) is 33.6 Å². The van der Waals surface area contributed by atoms with Crippen LogP contribution in [-0.2, 0) is 25.3 Å². The molecule has 1 aromatic carbocycles. The Morgan fingerprint density at radius 1 is 1.39 bits per heavy atom. The summed E-state index contributed by atoms with van der Waals surface area (Å²) < 4.78 is 32.0. The molecule has 1 heterocycles. The highest BCUT2D eigenvalue weighted by Crippen LogP contribution is 2.17. The van der Waals surface area contributed by atoms with Gasteiger partial charge < -0.3 is 10.1 Å². The van der Waals surface area contributed by atoms with E-state index >= 15 is 0 Å². The number of sulfonamides is 1. The molecule has 0 spiro atoms. The van der Waals surface area contributed by atoms with Crippen molar-refractivity contribution in [2.24, 2.45) is 5.92 Å². The molecule has 1 saturated heterocycles. The van der Waals surface area contributed by atoms with Crippen molar-refractivity contribution in [2.45, 2.75) is 38.5 Å². The third-order valence-corrected chi connectivity index (χ3v) is 4.80. The molecule has 2 N–H and O–H groups in total. The number of carbonyl (C=O) groups is 1. The zero-order valence-corrected chi connectivity index (χ0v) is 14.4. The van der Waals surface area contributed by atoms with E-state index in [1.54, 1.807) is 24.3 Å². The Labute approximate surface area is 137 Å². The minimum absolute atomic E-state index is 0.108. The Hall–Kier alpha value is -1.44. The maximum Gasteiger partial charge on any atom is 0.253 e. The third kappa shape index (κ3) is 5.93. The Balaban J connectivity index is 1.97. The van der Waals surface area contributed by atoms with Crippen LogP contribution >= 0.6 is 0 Å². The van der Waals surface area contributed by atoms with Gasteiger partial charge in [0.25, 0.3) is 5.91 Å². The van der Waals surface area contributed by atoms with Crippen molar-refractivity contribution in [2.75, 3.05) is 18.5 Å². The number of anilines is 1. The molecule has 1 fully saturated rings. The van der Waals surface area contributed by atoms with Crippen molar-refractivity contribution in [3.05, 3.63) is 29.8 Å². The van der Waals surface area contributed by atoms with E-state index in [1.165, 1.54) is 0 Å². The molecule has 23 heavy (non-hydrogen) atoms. The van der Waals surface area contributed by atoms with E-state index in [4.69, 9.17) is 4.74 Å². The summed E-state index contributed by atoms with van der Waals surface area (Å²) in [7, 11) is -3.38. The van der Waals surface area contributed by atoms with E-state index in [9.17, 15) is 13.2 Å². The van der Waals surface area contributed by atoms with Crippen molar-refractivity contribution in [1.82, 2.24) is 4.72 Å². The molecule has 1 amide bonds. The summed E-state index contributed by atoms with van der Waals surface area (Å²) in [6.07, 6.45) is 1.20. The Morgan fingerprint density at radius 3 is 2.83 bits per heavy atom. The third-order valence-electron chi connectivity index (χ3n) is 3.48. The summed E-state index contributed by atoms with van der Waals surface area (Å²) in [5.74, 6) is -0.0363. The van der Waals surface area contributed by atoms with Gasteiger partial charge in [-0.1, -0.05) is 26.0 Å². The Morgan fingerprint density at radius 2 is 2.17 bits per heavy atom. The second kappa shape index (κ2) is 7.90. The lowest BCUT2D eigenvalue weighted by atomic mass is 10.2. The highest BCUT2D eigenvalue weighted by molar-refractivity contribution is 7.88. The second-order valence-corrected chi connectivity index (χ2v) is 8.00. The van der Waals surface area contributed by atoms with Gasteiger partial charge in [-0.2, -0.15) is 0 Å². The highest BCUT2D eigenvalue weighted by atomic mass is 32.2. The van der Waals surface area contributed by atoms with Crippen LogP contribution in [0.3, 0.4) is 0 Å². The first-order chi connectivity index (χ1) is 10.9. The topological polar surface area (TPSA) is 84.5 Å². The lowest BCUT2D eigenvalue weighted by Crippen LogP contribution is -2.29. The monoisotopic (exact) mass is 340 g/mol. The van der Waals surface area contributed by atoms with Gasteiger partial charge in [0, 0.05) is 18.8 Å². The van der Waals surface area contributed by atoms with Crippen molar-refractivity contribution in [1.29, 1.82) is 0 Å². The van der Waals surface area contributed by atoms with E-state index in [2.05, 4.69) is 10.0 Å². The predicted molar refractivity (Wildman–Crippen MR) is 89.5 cm³/mol. The summed E-state index contributed by atoms with van der Waals surface area (Å²) in [5, 5.41) is 2.78. The van der Waals surface area contributed by atoms with E-state index in [0.717, 1.165) is 12.8 Å². The lowest BCUT2D eigenvalue weighted by Gasteiger charge is -2.12. The average Bonchev–Trinajstić information content (AvgIpc) is 2.99. The number of carbonyl (C=O) groups excluding carboxylic acids is 1. The number of benzene rings is 1. The fraction of sp³-hybridized carbons (Fsp3) is 0.562. The molecule has 7 heteroatoms. The first-order valence-electron chi connectivity index (χ1n) is 7.84. The number of hydrogen-bond donors (Lipinski definition) is 2. The largest absolute Gasteiger partial charge is 0.368 e. The van der Waals surface area contributed by atoms with Crippen LogP contribution in [0.1, 0.15) is 32.3 Å². The van der Waals surface area contributed by atoms with Gasteiger partial charge in [0.2, 0.25) is 10.0 Å². The minimum atomic E-state index is -3.38. The first kappa shape index (κ1) is 17.9. The molecule has 0 radical (unpaired) electrons. The zero-order valence-electron chi connectivity index (χ0n) is 13.5. The second-order valence-electron chi connectivity index (χ2n) is 6.19. The van der Waals surface area contributed by atoms with Gasteiger partial charge in [-0.3, -0.25) is 4.79 Å². The quantitative estimate of drug-likeness (QED) is 0.794. The SMILES string of the molecule is CC(C)CNS(=O)(=O)Cc1cccc(NC(=O)[C@@H]2CCCO2)c1. The maximum absolute atomic E-state index is 12.0. The molecule has 1 aromatic rings. The summed E-state index contributed by atoms with van der Waals surface area (Å²) in [6.45, 7) is 4.92. The maximum atomic E-state index is 12.0. The van der Waals surface area contributed by atoms with Crippen LogP contribution < -0.4 is 10.0 Å². The lowest BCUT2D eigenvalue weighted by molar-refractivity contribution is -0.124. The summed E-state index contributed by atoms with van der Waals surface area (Å²) in [4.78, 5) is 12.0. The molecule has 1 aliphatic heterocycles. The summed E-state index contributed by atoms with van der Waals surface area (Å²) in [6, 6.07) is 6.89. The molecule has 128 valence electrons. The number of hydrogen-bond acceptors (Lipinski definition) is 4. The normalized spacial score (nSPS) is 18.3. The Kier molecular flexibility index (Phi) is 6.15. The fourth-order valence-electron chi connectivity index (χ4n) is 2.31. The van der Waals surface area contributed by atoms with Gasteiger partial charge in [0.05, 0.1) is 5.75 Å². The molecular weight excluding hydrogens is 316 g/mol. The molecule has 0 aliphatic carbocycles. The average molecular weight is 340 g/mol. The number of amides is 1. The minimum Gasteiger partial charge on any atom is -0.368 e. The molecule has 0 aromatic heterocycles. The molecular formula is C16H24N2O4S. The fourth-order valence-corrected chi connectivity index (χ4v) is 3.62. The van der Waals surface area contributed by atoms with Crippen LogP contribution in [0.4, 0.5) is 5.69 Å². The van der Waals surface area contributed by atoms with E-state index in [1.807, 2.05) is 13.8 Å². The number of ether oxygens (including phenoxy) is 1. The van der Waals surface area contributed by atoms with Gasteiger partial charge in [0.1, 0.15) is 6.10 Å². The molecule has 1 aliphatic rings. The van der Waals surface area contributed by atoms with E-state index in [-0.39, 0.29) is 17.6 Å². The van der Waals surface area contributed by atoms with Crippen molar-refractivity contribution < 1.29 is 17.9 Å². The summed E-state index contributed by atoms with van der Waals surface area (Å²) in [5.41, 5.74) is 1.22. The predicted octanol–water partition coefficient (Wildman–Crippen LogP) is 1.88. The van der Waals surface area contributed by atoms with Crippen LogP contribution in [0.15, 0.2) is 24.3 Å². The molecule has 0 saturated carbocycles. The van der Waals surface area contributed by atoms with Crippen molar-refractivity contribution in [3.63, 3.8) is 0 Å². The molecule has 0 unspecified atom stereocenters. The number of nitrogens with one attached hydrogen (secondary N) is 2. The van der Waals surface area contributed by atoms with Gasteiger partial charge >= 0.3 is 0 Å². The highest BCUT2D eigenvalue weighted by Gasteiger charge is 2.23.